The van der Waals surface area contributed by atoms with Crippen molar-refractivity contribution in [1.29, 1.82) is 0 Å². The summed E-state index contributed by atoms with van der Waals surface area (Å²) in [5.74, 6) is 0. The van der Waals surface area contributed by atoms with Crippen LogP contribution in [-0.4, -0.2) is 9.97 Å². The van der Waals surface area contributed by atoms with Crippen molar-refractivity contribution in [3.05, 3.63) is 108 Å². The fraction of sp³-hybridized carbons (Fsp3) is 0.0435. The first-order valence-electron chi connectivity index (χ1n) is 8.40. The molecule has 2 heteroatoms. The average molecular weight is 322 g/mol. The quantitative estimate of drug-likeness (QED) is 0.502. The summed E-state index contributed by atoms with van der Waals surface area (Å²) in [5, 5.41) is 0. The second kappa shape index (κ2) is 7.10. The standard InChI is InChI=1S/C23H18N2/c1-2-9-19(10-3-1)20-11-6-8-18(16-20)17-21-12-7-14-23(25-21)22-13-4-5-15-24-22/h1-16H,17H2. The lowest BCUT2D eigenvalue weighted by molar-refractivity contribution is 1.07. The monoisotopic (exact) mass is 322 g/mol. The van der Waals surface area contributed by atoms with Crippen molar-refractivity contribution < 1.29 is 0 Å². The topological polar surface area (TPSA) is 25.8 Å². The van der Waals surface area contributed by atoms with Crippen LogP contribution in [0.2, 0.25) is 0 Å². The highest BCUT2D eigenvalue weighted by molar-refractivity contribution is 5.64. The molecule has 0 N–H and O–H groups in total. The van der Waals surface area contributed by atoms with Gasteiger partial charge in [0.2, 0.25) is 0 Å². The molecule has 2 aromatic heterocycles. The van der Waals surface area contributed by atoms with Gasteiger partial charge in [-0.1, -0.05) is 66.7 Å². The molecule has 0 aliphatic carbocycles. The van der Waals surface area contributed by atoms with Crippen molar-refractivity contribution in [2.24, 2.45) is 0 Å². The van der Waals surface area contributed by atoms with Gasteiger partial charge in [0.05, 0.1) is 11.4 Å². The summed E-state index contributed by atoms with van der Waals surface area (Å²) in [5.41, 5.74) is 6.60. The molecule has 2 nitrogen and oxygen atoms in total. The van der Waals surface area contributed by atoms with Crippen LogP contribution in [0, 0.1) is 0 Å². The van der Waals surface area contributed by atoms with E-state index < -0.39 is 0 Å². The van der Waals surface area contributed by atoms with Gasteiger partial charge in [-0.05, 0) is 41.0 Å². The van der Waals surface area contributed by atoms with Crippen LogP contribution in [0.15, 0.2) is 97.2 Å². The van der Waals surface area contributed by atoms with E-state index in [0.717, 1.165) is 23.5 Å². The number of nitrogens with zero attached hydrogens (tertiary/aromatic N) is 2. The molecular weight excluding hydrogens is 304 g/mol. The minimum atomic E-state index is 0.807. The Bertz CT molecular complexity index is 882. The normalized spacial score (nSPS) is 10.6. The lowest BCUT2D eigenvalue weighted by Crippen LogP contribution is -1.95. The molecule has 0 amide bonds. The highest BCUT2D eigenvalue weighted by Gasteiger charge is 2.04. The fourth-order valence-corrected chi connectivity index (χ4v) is 2.94. The lowest BCUT2D eigenvalue weighted by atomic mass is 10.0. The SMILES string of the molecule is c1ccc(-c2cccc(Cc3cccc(-c4ccccn4)n3)c2)cc1. The Morgan fingerprint density at radius 3 is 2.20 bits per heavy atom. The van der Waals surface area contributed by atoms with E-state index in [9.17, 15) is 0 Å². The second-order valence-electron chi connectivity index (χ2n) is 5.97. The third kappa shape index (κ3) is 3.64. The second-order valence-corrected chi connectivity index (χ2v) is 5.97. The average Bonchev–Trinajstić information content (AvgIpc) is 2.70. The van der Waals surface area contributed by atoms with E-state index in [1.165, 1.54) is 16.7 Å². The zero-order valence-corrected chi connectivity index (χ0v) is 13.8. The van der Waals surface area contributed by atoms with Crippen molar-refractivity contribution in [1.82, 2.24) is 9.97 Å². The Hall–Kier alpha value is -3.26. The van der Waals surface area contributed by atoms with Gasteiger partial charge < -0.3 is 0 Å². The summed E-state index contributed by atoms with van der Waals surface area (Å²) in [7, 11) is 0. The third-order valence-electron chi connectivity index (χ3n) is 4.15. The van der Waals surface area contributed by atoms with Crippen LogP contribution in [0.5, 0.6) is 0 Å². The summed E-state index contributed by atoms with van der Waals surface area (Å²) in [6.07, 6.45) is 2.61. The van der Waals surface area contributed by atoms with Gasteiger partial charge >= 0.3 is 0 Å². The molecule has 4 rings (SSSR count). The van der Waals surface area contributed by atoms with Crippen molar-refractivity contribution >= 4 is 0 Å². The molecule has 0 bridgehead atoms. The summed E-state index contributed by atoms with van der Waals surface area (Å²) in [6, 6.07) is 31.1. The molecular formula is C23H18N2. The highest BCUT2D eigenvalue weighted by atomic mass is 14.8. The molecule has 2 aromatic carbocycles. The summed E-state index contributed by atoms with van der Waals surface area (Å²) in [4.78, 5) is 9.17. The summed E-state index contributed by atoms with van der Waals surface area (Å²) >= 11 is 0. The van der Waals surface area contributed by atoms with Crippen LogP contribution in [0.1, 0.15) is 11.3 Å². The Balaban J connectivity index is 1.61. The Morgan fingerprint density at radius 1 is 0.600 bits per heavy atom. The lowest BCUT2D eigenvalue weighted by Gasteiger charge is -2.07. The third-order valence-corrected chi connectivity index (χ3v) is 4.15. The number of aromatic nitrogens is 2. The van der Waals surface area contributed by atoms with Crippen LogP contribution in [0.3, 0.4) is 0 Å². The zero-order valence-electron chi connectivity index (χ0n) is 13.8. The first-order valence-corrected chi connectivity index (χ1v) is 8.40. The molecule has 120 valence electrons. The molecule has 0 fully saturated rings. The fourth-order valence-electron chi connectivity index (χ4n) is 2.94. The molecule has 0 aliphatic rings. The number of hydrogen-bond acceptors (Lipinski definition) is 2. The van der Waals surface area contributed by atoms with E-state index in [1.807, 2.05) is 36.4 Å². The van der Waals surface area contributed by atoms with Gasteiger partial charge in [0, 0.05) is 18.3 Å². The molecule has 4 aromatic rings. The van der Waals surface area contributed by atoms with E-state index in [-0.39, 0.29) is 0 Å². The summed E-state index contributed by atoms with van der Waals surface area (Å²) in [6.45, 7) is 0. The van der Waals surface area contributed by atoms with Gasteiger partial charge in [0.15, 0.2) is 0 Å². The largest absolute Gasteiger partial charge is 0.255 e. The van der Waals surface area contributed by atoms with Crippen molar-refractivity contribution in [3.63, 3.8) is 0 Å². The number of rotatable bonds is 4. The van der Waals surface area contributed by atoms with Gasteiger partial charge in [-0.2, -0.15) is 0 Å². The van der Waals surface area contributed by atoms with E-state index in [4.69, 9.17) is 4.98 Å². The predicted octanol–water partition coefficient (Wildman–Crippen LogP) is 5.40. The maximum absolute atomic E-state index is 4.78. The molecule has 0 aliphatic heterocycles. The van der Waals surface area contributed by atoms with Gasteiger partial charge in [-0.3, -0.25) is 9.97 Å². The Kier molecular flexibility index (Phi) is 4.34. The summed E-state index contributed by atoms with van der Waals surface area (Å²) < 4.78 is 0. The van der Waals surface area contributed by atoms with Crippen molar-refractivity contribution in [2.75, 3.05) is 0 Å². The van der Waals surface area contributed by atoms with Gasteiger partial charge in [-0.15, -0.1) is 0 Å². The minimum absolute atomic E-state index is 0.807. The molecule has 0 unspecified atom stereocenters. The minimum Gasteiger partial charge on any atom is -0.255 e. The first-order chi connectivity index (χ1) is 12.4. The Labute approximate surface area is 147 Å². The number of hydrogen-bond donors (Lipinski definition) is 0. The van der Waals surface area contributed by atoms with Gasteiger partial charge in [-0.25, -0.2) is 0 Å². The van der Waals surface area contributed by atoms with Gasteiger partial charge in [0.25, 0.3) is 0 Å². The van der Waals surface area contributed by atoms with Crippen LogP contribution in [0.4, 0.5) is 0 Å². The van der Waals surface area contributed by atoms with Crippen LogP contribution in [-0.2, 0) is 6.42 Å². The molecule has 2 heterocycles. The molecule has 0 saturated heterocycles. The van der Waals surface area contributed by atoms with Crippen LogP contribution in [0.25, 0.3) is 22.5 Å². The van der Waals surface area contributed by atoms with Crippen LogP contribution >= 0.6 is 0 Å². The van der Waals surface area contributed by atoms with Crippen LogP contribution < -0.4 is 0 Å². The molecule has 0 atom stereocenters. The van der Waals surface area contributed by atoms with Crippen molar-refractivity contribution in [2.45, 2.75) is 6.42 Å². The molecule has 0 saturated carbocycles. The highest BCUT2D eigenvalue weighted by Crippen LogP contribution is 2.22. The molecule has 25 heavy (non-hydrogen) atoms. The number of pyridine rings is 2. The molecule has 0 spiro atoms. The number of benzene rings is 2. The van der Waals surface area contributed by atoms with Crippen molar-refractivity contribution in [3.8, 4) is 22.5 Å². The zero-order chi connectivity index (χ0) is 16.9. The van der Waals surface area contributed by atoms with Gasteiger partial charge in [0.1, 0.15) is 0 Å². The maximum Gasteiger partial charge on any atom is 0.0889 e. The van der Waals surface area contributed by atoms with E-state index in [2.05, 4.69) is 59.6 Å². The maximum atomic E-state index is 4.78. The smallest absolute Gasteiger partial charge is 0.0889 e. The van der Waals surface area contributed by atoms with E-state index >= 15 is 0 Å². The van der Waals surface area contributed by atoms with E-state index in [1.54, 1.807) is 6.20 Å². The first kappa shape index (κ1) is 15.3. The molecule has 0 radical (unpaired) electrons. The predicted molar refractivity (Wildman–Crippen MR) is 102 cm³/mol. The van der Waals surface area contributed by atoms with E-state index in [0.29, 0.717) is 0 Å². The Morgan fingerprint density at radius 2 is 1.36 bits per heavy atom.